The molecule has 5 heteroatoms. The number of rotatable bonds is 3. The third kappa shape index (κ3) is 3.30. The Kier molecular flexibility index (Phi) is 6.49. The van der Waals surface area contributed by atoms with Crippen LogP contribution in [0.25, 0.3) is 0 Å². The van der Waals surface area contributed by atoms with E-state index < -0.39 is 0 Å². The normalized spacial score (nSPS) is 12.0. The van der Waals surface area contributed by atoms with E-state index in [4.69, 9.17) is 34.7 Å². The van der Waals surface area contributed by atoms with E-state index in [1.807, 2.05) is 12.1 Å². The zero-order chi connectivity index (χ0) is 9.84. The van der Waals surface area contributed by atoms with Gasteiger partial charge in [0.25, 0.3) is 0 Å². The minimum absolute atomic E-state index is 0. The molecule has 0 fully saturated rings. The average Bonchev–Trinajstić information content (AvgIpc) is 2.10. The van der Waals surface area contributed by atoms with Crippen molar-refractivity contribution in [3.05, 3.63) is 33.8 Å². The van der Waals surface area contributed by atoms with Crippen molar-refractivity contribution in [1.82, 2.24) is 0 Å². The molecule has 0 amide bonds. The van der Waals surface area contributed by atoms with Gasteiger partial charge < -0.3 is 11.5 Å². The van der Waals surface area contributed by atoms with Crippen molar-refractivity contribution in [2.24, 2.45) is 11.5 Å². The summed E-state index contributed by atoms with van der Waals surface area (Å²) in [6.45, 7) is 0.546. The van der Waals surface area contributed by atoms with E-state index in [9.17, 15) is 0 Å². The Balaban J connectivity index is 0.00000169. The molecule has 4 N–H and O–H groups in total. The number of benzene rings is 1. The highest BCUT2D eigenvalue weighted by molar-refractivity contribution is 6.42. The number of nitrogens with two attached hydrogens (primary N) is 2. The molecule has 14 heavy (non-hydrogen) atoms. The van der Waals surface area contributed by atoms with Gasteiger partial charge >= 0.3 is 0 Å². The van der Waals surface area contributed by atoms with Gasteiger partial charge in [-0.25, -0.2) is 0 Å². The molecule has 1 aromatic carbocycles. The zero-order valence-corrected chi connectivity index (χ0v) is 9.87. The number of hydrogen-bond acceptors (Lipinski definition) is 2. The summed E-state index contributed by atoms with van der Waals surface area (Å²) in [5.41, 5.74) is 12.1. The fourth-order valence-electron chi connectivity index (χ4n) is 1.14. The predicted octanol–water partition coefficient (Wildman–Crippen LogP) is 2.76. The highest BCUT2D eigenvalue weighted by Gasteiger charge is 2.10. The molecule has 0 radical (unpaired) electrons. The molecule has 0 spiro atoms. The lowest BCUT2D eigenvalue weighted by Crippen LogP contribution is -2.15. The molecule has 0 saturated heterocycles. The van der Waals surface area contributed by atoms with E-state index in [-0.39, 0.29) is 18.4 Å². The Morgan fingerprint density at radius 3 is 2.50 bits per heavy atom. The maximum absolute atomic E-state index is 5.97. The van der Waals surface area contributed by atoms with E-state index in [2.05, 4.69) is 0 Å². The summed E-state index contributed by atoms with van der Waals surface area (Å²) in [6, 6.07) is 5.31. The van der Waals surface area contributed by atoms with Crippen LogP contribution in [-0.2, 0) is 0 Å². The number of halogens is 3. The van der Waals surface area contributed by atoms with Gasteiger partial charge in [-0.3, -0.25) is 0 Å². The second-order valence-corrected chi connectivity index (χ2v) is 3.61. The van der Waals surface area contributed by atoms with Crippen LogP contribution in [0.3, 0.4) is 0 Å². The topological polar surface area (TPSA) is 52.0 Å². The molecule has 2 nitrogen and oxygen atoms in total. The van der Waals surface area contributed by atoms with Crippen LogP contribution in [0.2, 0.25) is 10.0 Å². The van der Waals surface area contributed by atoms with Gasteiger partial charge in [-0.2, -0.15) is 0 Å². The molecular weight excluding hydrogens is 242 g/mol. The highest BCUT2D eigenvalue weighted by atomic mass is 35.5. The first-order chi connectivity index (χ1) is 6.16. The Hall–Kier alpha value is 0.01000. The quantitative estimate of drug-likeness (QED) is 0.873. The lowest BCUT2D eigenvalue weighted by Gasteiger charge is -2.12. The van der Waals surface area contributed by atoms with Crippen molar-refractivity contribution in [2.45, 2.75) is 12.5 Å². The molecule has 0 saturated carbocycles. The van der Waals surface area contributed by atoms with Crippen molar-refractivity contribution in [2.75, 3.05) is 6.54 Å². The molecular formula is C9H13Cl3N2. The third-order valence-corrected chi connectivity index (χ3v) is 2.69. The van der Waals surface area contributed by atoms with Crippen LogP contribution in [0.5, 0.6) is 0 Å². The summed E-state index contributed by atoms with van der Waals surface area (Å²) >= 11 is 11.8. The lowest BCUT2D eigenvalue weighted by atomic mass is 10.1. The molecule has 0 bridgehead atoms. The number of hydrogen-bond donors (Lipinski definition) is 2. The van der Waals surface area contributed by atoms with Crippen LogP contribution >= 0.6 is 35.6 Å². The second-order valence-electron chi connectivity index (χ2n) is 2.83. The molecule has 80 valence electrons. The Labute approximate surface area is 100.0 Å². The fraction of sp³-hybridized carbons (Fsp3) is 0.333. The molecule has 0 aliphatic heterocycles. The van der Waals surface area contributed by atoms with Gasteiger partial charge in [0, 0.05) is 6.04 Å². The van der Waals surface area contributed by atoms with Crippen molar-refractivity contribution in [3.63, 3.8) is 0 Å². The third-order valence-electron chi connectivity index (χ3n) is 1.86. The highest BCUT2D eigenvalue weighted by Crippen LogP contribution is 2.29. The summed E-state index contributed by atoms with van der Waals surface area (Å²) in [5, 5.41) is 1.07. The minimum atomic E-state index is -0.129. The molecule has 0 unspecified atom stereocenters. The molecule has 0 aromatic heterocycles. The monoisotopic (exact) mass is 254 g/mol. The van der Waals surface area contributed by atoms with Crippen molar-refractivity contribution >= 4 is 35.6 Å². The van der Waals surface area contributed by atoms with Crippen LogP contribution in [0.1, 0.15) is 18.0 Å². The minimum Gasteiger partial charge on any atom is -0.330 e. The largest absolute Gasteiger partial charge is 0.330 e. The standard InChI is InChI=1S/C9H12Cl2N2.ClH/c10-7-3-1-2-6(9(7)11)8(13)4-5-12;/h1-3,8H,4-5,12-13H2;1H/t8-;/m0./s1. The Morgan fingerprint density at radius 2 is 1.93 bits per heavy atom. The second kappa shape index (κ2) is 6.49. The fourth-order valence-corrected chi connectivity index (χ4v) is 1.59. The first-order valence-corrected chi connectivity index (χ1v) is 4.82. The van der Waals surface area contributed by atoms with E-state index >= 15 is 0 Å². The Bertz CT molecular complexity index is 291. The van der Waals surface area contributed by atoms with Crippen molar-refractivity contribution < 1.29 is 0 Å². The summed E-state index contributed by atoms with van der Waals surface area (Å²) < 4.78 is 0. The van der Waals surface area contributed by atoms with E-state index in [1.54, 1.807) is 6.07 Å². The first kappa shape index (κ1) is 14.0. The molecule has 0 heterocycles. The van der Waals surface area contributed by atoms with Crippen molar-refractivity contribution in [3.8, 4) is 0 Å². The summed E-state index contributed by atoms with van der Waals surface area (Å²) in [6.07, 6.45) is 0.708. The predicted molar refractivity (Wildman–Crippen MR) is 64.3 cm³/mol. The van der Waals surface area contributed by atoms with E-state index in [0.29, 0.717) is 23.0 Å². The molecule has 0 aliphatic carbocycles. The van der Waals surface area contributed by atoms with Gasteiger partial charge in [-0.1, -0.05) is 35.3 Å². The zero-order valence-electron chi connectivity index (χ0n) is 7.54. The van der Waals surface area contributed by atoms with Crippen LogP contribution in [0, 0.1) is 0 Å². The SMILES string of the molecule is Cl.NCC[C@H](N)c1cccc(Cl)c1Cl. The van der Waals surface area contributed by atoms with Gasteiger partial charge in [-0.05, 0) is 24.6 Å². The Morgan fingerprint density at radius 1 is 1.29 bits per heavy atom. The molecule has 1 aromatic rings. The maximum atomic E-state index is 5.97. The summed E-state index contributed by atoms with van der Waals surface area (Å²) in [7, 11) is 0. The van der Waals surface area contributed by atoms with Crippen LogP contribution < -0.4 is 11.5 Å². The molecule has 1 atom stereocenters. The van der Waals surface area contributed by atoms with Gasteiger partial charge in [0.2, 0.25) is 0 Å². The van der Waals surface area contributed by atoms with Gasteiger partial charge in [-0.15, -0.1) is 12.4 Å². The van der Waals surface area contributed by atoms with Gasteiger partial charge in [0.15, 0.2) is 0 Å². The molecule has 0 aliphatic rings. The summed E-state index contributed by atoms with van der Waals surface area (Å²) in [4.78, 5) is 0. The molecule has 1 rings (SSSR count). The van der Waals surface area contributed by atoms with Crippen LogP contribution in [0.4, 0.5) is 0 Å². The van der Waals surface area contributed by atoms with E-state index in [1.165, 1.54) is 0 Å². The van der Waals surface area contributed by atoms with E-state index in [0.717, 1.165) is 5.56 Å². The van der Waals surface area contributed by atoms with Crippen LogP contribution in [0.15, 0.2) is 18.2 Å². The summed E-state index contributed by atoms with van der Waals surface area (Å²) in [5.74, 6) is 0. The van der Waals surface area contributed by atoms with Gasteiger partial charge in [0.05, 0.1) is 10.0 Å². The maximum Gasteiger partial charge on any atom is 0.0640 e. The van der Waals surface area contributed by atoms with Crippen LogP contribution in [-0.4, -0.2) is 6.54 Å². The lowest BCUT2D eigenvalue weighted by molar-refractivity contribution is 0.661. The smallest absolute Gasteiger partial charge is 0.0640 e. The van der Waals surface area contributed by atoms with Gasteiger partial charge in [0.1, 0.15) is 0 Å². The first-order valence-electron chi connectivity index (χ1n) is 4.06. The van der Waals surface area contributed by atoms with Crippen molar-refractivity contribution in [1.29, 1.82) is 0 Å². The average molecular weight is 256 g/mol.